The van der Waals surface area contributed by atoms with Crippen LogP contribution in [0.15, 0.2) is 78.2 Å². The predicted octanol–water partition coefficient (Wildman–Crippen LogP) is 6.50. The first kappa shape index (κ1) is 20.8. The molecule has 156 valence electrons. The number of ether oxygens (including phenoxy) is 1. The van der Waals surface area contributed by atoms with Gasteiger partial charge in [-0.25, -0.2) is 4.98 Å². The molecule has 1 unspecified atom stereocenters. The van der Waals surface area contributed by atoms with Gasteiger partial charge >= 0.3 is 0 Å². The van der Waals surface area contributed by atoms with Gasteiger partial charge in [-0.2, -0.15) is 0 Å². The van der Waals surface area contributed by atoms with Crippen LogP contribution in [0.5, 0.6) is 5.75 Å². The lowest BCUT2D eigenvalue weighted by atomic mass is 10.0. The van der Waals surface area contributed by atoms with Crippen LogP contribution in [0.4, 0.5) is 5.13 Å². The van der Waals surface area contributed by atoms with Crippen LogP contribution in [0.2, 0.25) is 0 Å². The smallest absolute Gasteiger partial charge is 0.266 e. The summed E-state index contributed by atoms with van der Waals surface area (Å²) in [6, 6.07) is 24.2. The number of thiazole rings is 1. The summed E-state index contributed by atoms with van der Waals surface area (Å²) < 4.78 is 5.83. The van der Waals surface area contributed by atoms with E-state index in [-0.39, 0.29) is 5.91 Å². The zero-order valence-electron chi connectivity index (χ0n) is 17.8. The summed E-state index contributed by atoms with van der Waals surface area (Å²) >= 11 is 1.41. The monoisotopic (exact) mass is 428 g/mol. The largest absolute Gasteiger partial charge is 0.481 e. The Balaban J connectivity index is 1.39. The Morgan fingerprint density at radius 1 is 0.968 bits per heavy atom. The average molecular weight is 429 g/mol. The van der Waals surface area contributed by atoms with Gasteiger partial charge in [-0.05, 0) is 55.7 Å². The molecule has 0 fully saturated rings. The molecule has 4 aromatic rings. The lowest BCUT2D eigenvalue weighted by molar-refractivity contribution is -0.122. The minimum Gasteiger partial charge on any atom is -0.481 e. The number of anilines is 1. The first-order valence-electron chi connectivity index (χ1n) is 10.2. The minimum absolute atomic E-state index is 0.228. The van der Waals surface area contributed by atoms with E-state index in [1.54, 1.807) is 6.92 Å². The van der Waals surface area contributed by atoms with E-state index in [9.17, 15) is 4.79 Å². The van der Waals surface area contributed by atoms with Crippen LogP contribution in [0.25, 0.3) is 22.4 Å². The van der Waals surface area contributed by atoms with Gasteiger partial charge in [0.15, 0.2) is 11.2 Å². The number of hydrogen-bond donors (Lipinski definition) is 1. The van der Waals surface area contributed by atoms with Crippen LogP contribution in [0.3, 0.4) is 0 Å². The maximum atomic E-state index is 12.6. The van der Waals surface area contributed by atoms with Gasteiger partial charge in [0.05, 0.1) is 5.69 Å². The molecule has 1 heterocycles. The Morgan fingerprint density at radius 2 is 1.68 bits per heavy atom. The van der Waals surface area contributed by atoms with Crippen molar-refractivity contribution in [3.63, 3.8) is 0 Å². The quantitative estimate of drug-likeness (QED) is 0.381. The Morgan fingerprint density at radius 3 is 2.42 bits per heavy atom. The van der Waals surface area contributed by atoms with E-state index < -0.39 is 6.10 Å². The molecule has 0 aliphatic rings. The van der Waals surface area contributed by atoms with Crippen molar-refractivity contribution in [1.29, 1.82) is 0 Å². The van der Waals surface area contributed by atoms with Crippen molar-refractivity contribution in [2.75, 3.05) is 5.32 Å². The molecule has 0 saturated carbocycles. The Labute approximate surface area is 186 Å². The van der Waals surface area contributed by atoms with Crippen LogP contribution < -0.4 is 10.1 Å². The topological polar surface area (TPSA) is 51.2 Å². The third-order valence-corrected chi connectivity index (χ3v) is 5.80. The fourth-order valence-electron chi connectivity index (χ4n) is 3.29. The number of carbonyl (C=O) groups is 1. The zero-order valence-corrected chi connectivity index (χ0v) is 18.6. The summed E-state index contributed by atoms with van der Waals surface area (Å²) in [7, 11) is 0. The highest BCUT2D eigenvalue weighted by Crippen LogP contribution is 2.28. The van der Waals surface area contributed by atoms with Gasteiger partial charge in [-0.1, -0.05) is 60.2 Å². The fraction of sp³-hybridized carbons (Fsp3) is 0.154. The maximum absolute atomic E-state index is 12.6. The van der Waals surface area contributed by atoms with Crippen LogP contribution in [0, 0.1) is 13.8 Å². The van der Waals surface area contributed by atoms with Crippen molar-refractivity contribution in [3.8, 4) is 28.1 Å². The van der Waals surface area contributed by atoms with E-state index in [1.807, 2.05) is 47.8 Å². The molecule has 0 aliphatic heterocycles. The molecule has 4 nitrogen and oxygen atoms in total. The maximum Gasteiger partial charge on any atom is 0.266 e. The molecule has 0 spiro atoms. The number of benzene rings is 3. The number of amides is 1. The second kappa shape index (κ2) is 9.14. The highest BCUT2D eigenvalue weighted by Gasteiger charge is 2.17. The van der Waals surface area contributed by atoms with E-state index in [0.29, 0.717) is 10.9 Å². The van der Waals surface area contributed by atoms with Crippen LogP contribution in [0.1, 0.15) is 18.1 Å². The first-order valence-corrected chi connectivity index (χ1v) is 11.0. The van der Waals surface area contributed by atoms with Crippen LogP contribution in [-0.2, 0) is 4.79 Å². The number of nitrogens with one attached hydrogen (secondary N) is 1. The molecule has 3 aromatic carbocycles. The van der Waals surface area contributed by atoms with Crippen molar-refractivity contribution < 1.29 is 9.53 Å². The molecule has 0 radical (unpaired) electrons. The van der Waals surface area contributed by atoms with Gasteiger partial charge in [0.2, 0.25) is 0 Å². The second-order valence-corrected chi connectivity index (χ2v) is 8.35. The van der Waals surface area contributed by atoms with Crippen molar-refractivity contribution in [2.24, 2.45) is 0 Å². The van der Waals surface area contributed by atoms with Crippen LogP contribution >= 0.6 is 11.3 Å². The lowest BCUT2D eigenvalue weighted by Crippen LogP contribution is -2.30. The van der Waals surface area contributed by atoms with Gasteiger partial charge < -0.3 is 4.74 Å². The van der Waals surface area contributed by atoms with E-state index in [4.69, 9.17) is 4.74 Å². The van der Waals surface area contributed by atoms with Gasteiger partial charge in [0.25, 0.3) is 5.91 Å². The number of aryl methyl sites for hydroxylation is 2. The number of nitrogens with zero attached hydrogens (tertiary/aromatic N) is 1. The number of carbonyl (C=O) groups excluding carboxylic acids is 1. The summed E-state index contributed by atoms with van der Waals surface area (Å²) in [5.74, 6) is 0.423. The van der Waals surface area contributed by atoms with Gasteiger partial charge in [0, 0.05) is 10.9 Å². The summed E-state index contributed by atoms with van der Waals surface area (Å²) in [6.45, 7) is 5.86. The molecule has 5 heteroatoms. The third kappa shape index (κ3) is 5.01. The molecule has 1 atom stereocenters. The summed E-state index contributed by atoms with van der Waals surface area (Å²) in [5.41, 5.74) is 6.53. The van der Waals surface area contributed by atoms with E-state index in [1.165, 1.54) is 16.9 Å². The minimum atomic E-state index is -0.643. The molecular weight excluding hydrogens is 404 g/mol. The van der Waals surface area contributed by atoms with Crippen molar-refractivity contribution in [1.82, 2.24) is 4.98 Å². The molecule has 1 N–H and O–H groups in total. The van der Waals surface area contributed by atoms with Crippen molar-refractivity contribution in [2.45, 2.75) is 26.9 Å². The second-order valence-electron chi connectivity index (χ2n) is 7.50. The van der Waals surface area contributed by atoms with E-state index in [2.05, 4.69) is 54.5 Å². The molecule has 0 bridgehead atoms. The fourth-order valence-corrected chi connectivity index (χ4v) is 4.00. The number of hydrogen-bond acceptors (Lipinski definition) is 4. The Hall–Kier alpha value is -3.44. The van der Waals surface area contributed by atoms with Gasteiger partial charge in [-0.3, -0.25) is 10.1 Å². The molecule has 0 saturated heterocycles. The standard InChI is InChI=1S/C26H24N2O2S/c1-17-9-10-18(2)23(15-17)24-16-31-26(27-24)28-25(29)19(3)30-22-13-11-21(12-14-22)20-7-5-4-6-8-20/h4-16,19H,1-3H3,(H,27,28,29). The SMILES string of the molecule is Cc1ccc(C)c(-c2csc(NC(=O)C(C)Oc3ccc(-c4ccccc4)cc3)n2)c1. The molecule has 1 aromatic heterocycles. The molecule has 0 aliphatic carbocycles. The lowest BCUT2D eigenvalue weighted by Gasteiger charge is -2.14. The van der Waals surface area contributed by atoms with Gasteiger partial charge in [0.1, 0.15) is 5.75 Å². The highest BCUT2D eigenvalue weighted by molar-refractivity contribution is 7.14. The predicted molar refractivity (Wildman–Crippen MR) is 128 cm³/mol. The van der Waals surface area contributed by atoms with Crippen molar-refractivity contribution in [3.05, 3.63) is 89.3 Å². The summed E-state index contributed by atoms with van der Waals surface area (Å²) in [4.78, 5) is 17.2. The third-order valence-electron chi connectivity index (χ3n) is 5.05. The number of rotatable bonds is 6. The molecular formula is C26H24N2O2S. The molecule has 4 rings (SSSR count). The Bertz CT molecular complexity index is 1180. The van der Waals surface area contributed by atoms with Gasteiger partial charge in [-0.15, -0.1) is 11.3 Å². The normalized spacial score (nSPS) is 11.7. The Kier molecular flexibility index (Phi) is 6.14. The molecule has 31 heavy (non-hydrogen) atoms. The highest BCUT2D eigenvalue weighted by atomic mass is 32.1. The number of aromatic nitrogens is 1. The summed E-state index contributed by atoms with van der Waals surface area (Å²) in [6.07, 6.45) is -0.643. The van der Waals surface area contributed by atoms with Crippen molar-refractivity contribution >= 4 is 22.4 Å². The summed E-state index contributed by atoms with van der Waals surface area (Å²) in [5, 5.41) is 5.40. The first-order chi connectivity index (χ1) is 15.0. The van der Waals surface area contributed by atoms with E-state index >= 15 is 0 Å². The zero-order chi connectivity index (χ0) is 21.8. The van der Waals surface area contributed by atoms with Crippen LogP contribution in [-0.4, -0.2) is 17.0 Å². The average Bonchev–Trinajstić information content (AvgIpc) is 3.24. The molecule has 1 amide bonds. The van der Waals surface area contributed by atoms with E-state index in [0.717, 1.165) is 27.9 Å².